The number of nitro groups is 1. The highest BCUT2D eigenvalue weighted by atomic mass is 79.9. The third-order valence-electron chi connectivity index (χ3n) is 3.40. The van der Waals surface area contributed by atoms with Crippen LogP contribution in [0.2, 0.25) is 0 Å². The molecule has 4 N–H and O–H groups in total. The van der Waals surface area contributed by atoms with Crippen LogP contribution in [0.4, 0.5) is 0 Å². The molecular formula is C10H9Br2N5O4. The third-order valence-corrected chi connectivity index (χ3v) is 5.49. The Morgan fingerprint density at radius 2 is 2.05 bits per heavy atom. The number of nitrogens with zero attached hydrogens (tertiary/aromatic N) is 3. The molecule has 1 aliphatic carbocycles. The SMILES string of the molecule is O=[N+]([O-])C1C(Br)=C(Br)C=C2NC3C(=C(O)N=NC3O)NC21. The van der Waals surface area contributed by atoms with Crippen molar-refractivity contribution in [2.24, 2.45) is 10.2 Å². The van der Waals surface area contributed by atoms with Crippen LogP contribution < -0.4 is 10.6 Å². The largest absolute Gasteiger partial charge is 0.491 e. The summed E-state index contributed by atoms with van der Waals surface area (Å²) in [4.78, 5) is 10.9. The second kappa shape index (κ2) is 5.07. The van der Waals surface area contributed by atoms with Gasteiger partial charge in [0.1, 0.15) is 17.8 Å². The molecule has 0 aromatic heterocycles. The number of allylic oxidation sites excluding steroid dienone is 2. The first-order chi connectivity index (χ1) is 9.90. The van der Waals surface area contributed by atoms with Crippen molar-refractivity contribution in [3.05, 3.63) is 42.4 Å². The molecule has 2 heterocycles. The zero-order valence-electron chi connectivity index (χ0n) is 10.2. The molecule has 4 atom stereocenters. The van der Waals surface area contributed by atoms with Crippen LogP contribution in [0.1, 0.15) is 0 Å². The lowest BCUT2D eigenvalue weighted by molar-refractivity contribution is -0.513. The molecular weight excluding hydrogens is 414 g/mol. The Balaban J connectivity index is 2.04. The molecule has 9 nitrogen and oxygen atoms in total. The summed E-state index contributed by atoms with van der Waals surface area (Å²) in [6.45, 7) is 0. The fraction of sp³-hybridized carbons (Fsp3) is 0.400. The van der Waals surface area contributed by atoms with E-state index in [4.69, 9.17) is 0 Å². The minimum absolute atomic E-state index is 0.185. The maximum atomic E-state index is 11.3. The Morgan fingerprint density at radius 3 is 2.71 bits per heavy atom. The Kier molecular flexibility index (Phi) is 3.50. The molecule has 11 heteroatoms. The summed E-state index contributed by atoms with van der Waals surface area (Å²) in [5.41, 5.74) is 0.703. The monoisotopic (exact) mass is 421 g/mol. The second-order valence-electron chi connectivity index (χ2n) is 4.64. The number of rotatable bonds is 1. The first-order valence-corrected chi connectivity index (χ1v) is 7.44. The summed E-state index contributed by atoms with van der Waals surface area (Å²) in [6, 6.07) is -2.52. The van der Waals surface area contributed by atoms with E-state index < -0.39 is 35.2 Å². The van der Waals surface area contributed by atoms with Crippen LogP contribution in [-0.4, -0.2) is 39.5 Å². The van der Waals surface area contributed by atoms with Crippen LogP contribution in [0.3, 0.4) is 0 Å². The highest BCUT2D eigenvalue weighted by molar-refractivity contribution is 9.14. The smallest absolute Gasteiger partial charge is 0.270 e. The van der Waals surface area contributed by atoms with Crippen LogP contribution in [-0.2, 0) is 0 Å². The van der Waals surface area contributed by atoms with Gasteiger partial charge in [0.25, 0.3) is 11.9 Å². The molecule has 0 aromatic rings. The van der Waals surface area contributed by atoms with Crippen molar-refractivity contribution < 1.29 is 15.1 Å². The molecule has 0 saturated carbocycles. The number of piperazine rings is 1. The zero-order chi connectivity index (χ0) is 15.3. The number of azo groups is 1. The lowest BCUT2D eigenvalue weighted by atomic mass is 9.94. The van der Waals surface area contributed by atoms with Gasteiger partial charge in [-0.2, -0.15) is 5.11 Å². The highest BCUT2D eigenvalue weighted by Gasteiger charge is 2.47. The molecule has 112 valence electrons. The van der Waals surface area contributed by atoms with Gasteiger partial charge < -0.3 is 20.8 Å². The Labute approximate surface area is 134 Å². The summed E-state index contributed by atoms with van der Waals surface area (Å²) in [5, 5.41) is 43.6. The fourth-order valence-corrected chi connectivity index (χ4v) is 3.45. The van der Waals surface area contributed by atoms with E-state index in [2.05, 4.69) is 52.7 Å². The van der Waals surface area contributed by atoms with Crippen molar-refractivity contribution in [2.45, 2.75) is 24.4 Å². The Bertz CT molecular complexity index is 643. The highest BCUT2D eigenvalue weighted by Crippen LogP contribution is 2.36. The predicted molar refractivity (Wildman–Crippen MR) is 78.1 cm³/mol. The van der Waals surface area contributed by atoms with E-state index >= 15 is 0 Å². The normalized spacial score (nSPS) is 34.5. The van der Waals surface area contributed by atoms with Crippen LogP contribution >= 0.6 is 31.9 Å². The minimum atomic E-state index is -1.19. The first-order valence-electron chi connectivity index (χ1n) is 5.85. The number of nitrogens with one attached hydrogen (secondary N) is 2. The van der Waals surface area contributed by atoms with Crippen molar-refractivity contribution in [1.82, 2.24) is 10.6 Å². The van der Waals surface area contributed by atoms with Gasteiger partial charge in [-0.3, -0.25) is 10.1 Å². The molecule has 3 rings (SSSR count). The van der Waals surface area contributed by atoms with E-state index in [9.17, 15) is 20.3 Å². The molecule has 0 bridgehead atoms. The predicted octanol–water partition coefficient (Wildman–Crippen LogP) is 0.972. The van der Waals surface area contributed by atoms with Gasteiger partial charge in [0, 0.05) is 15.1 Å². The number of halogens is 2. The second-order valence-corrected chi connectivity index (χ2v) is 6.34. The van der Waals surface area contributed by atoms with E-state index in [1.165, 1.54) is 0 Å². The van der Waals surface area contributed by atoms with Gasteiger partial charge >= 0.3 is 0 Å². The average molecular weight is 423 g/mol. The number of hydrogen-bond acceptors (Lipinski definition) is 8. The summed E-state index contributed by atoms with van der Waals surface area (Å²) >= 11 is 6.46. The summed E-state index contributed by atoms with van der Waals surface area (Å²) < 4.78 is 0.917. The molecule has 0 aromatic carbocycles. The lowest BCUT2D eigenvalue weighted by Gasteiger charge is -2.40. The van der Waals surface area contributed by atoms with Gasteiger partial charge in [-0.05, 0) is 37.9 Å². The quantitative estimate of drug-likeness (QED) is 0.367. The molecule has 1 saturated heterocycles. The topological polar surface area (TPSA) is 132 Å². The van der Waals surface area contributed by atoms with Crippen molar-refractivity contribution in [2.75, 3.05) is 0 Å². The molecule has 0 amide bonds. The summed E-state index contributed by atoms with van der Waals surface area (Å²) in [5.74, 6) is -0.399. The van der Waals surface area contributed by atoms with Crippen molar-refractivity contribution >= 4 is 31.9 Å². The van der Waals surface area contributed by atoms with E-state index in [0.717, 1.165) is 0 Å². The number of fused-ring (bicyclic) bond motifs is 2. The van der Waals surface area contributed by atoms with Crippen LogP contribution in [0.15, 0.2) is 42.5 Å². The first kappa shape index (κ1) is 14.5. The average Bonchev–Trinajstić information content (AvgIpc) is 2.43. The number of aliphatic hydroxyl groups excluding tert-OH is 2. The summed E-state index contributed by atoms with van der Waals surface area (Å²) in [7, 11) is 0. The van der Waals surface area contributed by atoms with Crippen LogP contribution in [0, 0.1) is 10.1 Å². The van der Waals surface area contributed by atoms with Gasteiger partial charge in [0.15, 0.2) is 6.23 Å². The summed E-state index contributed by atoms with van der Waals surface area (Å²) in [6.07, 6.45) is 0.487. The molecule has 3 aliphatic rings. The van der Waals surface area contributed by atoms with E-state index in [0.29, 0.717) is 14.7 Å². The maximum Gasteiger partial charge on any atom is 0.270 e. The van der Waals surface area contributed by atoms with Gasteiger partial charge in [-0.15, -0.1) is 5.11 Å². The number of aliphatic hydroxyl groups is 2. The molecule has 2 aliphatic heterocycles. The Morgan fingerprint density at radius 1 is 1.33 bits per heavy atom. The lowest BCUT2D eigenvalue weighted by Crippen LogP contribution is -2.61. The standard InChI is InChI=1S/C10H9Br2N5O4/c11-2-1-3-5(8(4(2)12)17(20)21)14-7-6(13-3)9(18)15-16-10(7)19/h1,5-6,8-9,13-14,18-19H. The van der Waals surface area contributed by atoms with E-state index in [1.807, 2.05) is 0 Å². The van der Waals surface area contributed by atoms with Gasteiger partial charge in [0.2, 0.25) is 0 Å². The van der Waals surface area contributed by atoms with Crippen LogP contribution in [0.5, 0.6) is 0 Å². The Hall–Kier alpha value is -1.46. The fourth-order valence-electron chi connectivity index (χ4n) is 2.43. The van der Waals surface area contributed by atoms with Gasteiger partial charge in [-0.25, -0.2) is 0 Å². The number of hydrogen-bond donors (Lipinski definition) is 4. The third kappa shape index (κ3) is 2.24. The van der Waals surface area contributed by atoms with Gasteiger partial charge in [0.05, 0.1) is 4.48 Å². The van der Waals surface area contributed by atoms with Crippen molar-refractivity contribution in [3.63, 3.8) is 0 Å². The molecule has 21 heavy (non-hydrogen) atoms. The zero-order valence-corrected chi connectivity index (χ0v) is 13.4. The van der Waals surface area contributed by atoms with Gasteiger partial charge in [-0.1, -0.05) is 0 Å². The maximum absolute atomic E-state index is 11.3. The van der Waals surface area contributed by atoms with Crippen LogP contribution in [0.25, 0.3) is 0 Å². The molecule has 0 radical (unpaired) electrons. The van der Waals surface area contributed by atoms with E-state index in [1.54, 1.807) is 6.08 Å². The molecule has 4 unspecified atom stereocenters. The van der Waals surface area contributed by atoms with Crippen molar-refractivity contribution in [1.29, 1.82) is 0 Å². The van der Waals surface area contributed by atoms with Crippen molar-refractivity contribution in [3.8, 4) is 0 Å². The molecule has 0 spiro atoms. The minimum Gasteiger partial charge on any atom is -0.491 e. The van der Waals surface area contributed by atoms with E-state index in [-0.39, 0.29) is 5.70 Å². The molecule has 1 fully saturated rings.